The molecule has 0 radical (unpaired) electrons. The standard InChI is InChI=1S/C24H21ClN2O5S/c1-4-10-32-22-18(25)11-16(12-19(22)31-5-2)13-20-23(29)27(24(30)33-20)14-21(28)26-17-8-6-15(3)7-9-17/h1,6-9,11-13H,5,10,14H2,2-3H3,(H,26,28)/b20-13-. The molecular formula is C24H21ClN2O5S. The van der Waals surface area contributed by atoms with Crippen LogP contribution in [0.4, 0.5) is 10.5 Å². The molecule has 7 nitrogen and oxygen atoms in total. The number of nitrogens with zero attached hydrogens (tertiary/aromatic N) is 1. The summed E-state index contributed by atoms with van der Waals surface area (Å²) in [5.74, 6) is 1.99. The van der Waals surface area contributed by atoms with Gasteiger partial charge in [0.25, 0.3) is 11.1 Å². The maximum absolute atomic E-state index is 12.8. The molecule has 1 fully saturated rings. The smallest absolute Gasteiger partial charge is 0.294 e. The highest BCUT2D eigenvalue weighted by Gasteiger charge is 2.36. The zero-order valence-electron chi connectivity index (χ0n) is 18.0. The summed E-state index contributed by atoms with van der Waals surface area (Å²) in [5, 5.41) is 2.40. The minimum Gasteiger partial charge on any atom is -0.490 e. The summed E-state index contributed by atoms with van der Waals surface area (Å²) >= 11 is 7.06. The van der Waals surface area contributed by atoms with Crippen molar-refractivity contribution in [2.24, 2.45) is 0 Å². The van der Waals surface area contributed by atoms with E-state index in [0.717, 1.165) is 22.2 Å². The van der Waals surface area contributed by atoms with Gasteiger partial charge in [-0.15, -0.1) is 6.42 Å². The van der Waals surface area contributed by atoms with E-state index in [0.29, 0.717) is 29.4 Å². The zero-order chi connectivity index (χ0) is 24.0. The van der Waals surface area contributed by atoms with Crippen molar-refractivity contribution in [1.82, 2.24) is 4.90 Å². The average Bonchev–Trinajstić information content (AvgIpc) is 3.02. The molecule has 0 aromatic heterocycles. The van der Waals surface area contributed by atoms with Crippen LogP contribution in [-0.2, 0) is 9.59 Å². The van der Waals surface area contributed by atoms with Crippen LogP contribution in [0.3, 0.4) is 0 Å². The van der Waals surface area contributed by atoms with E-state index >= 15 is 0 Å². The maximum Gasteiger partial charge on any atom is 0.294 e. The van der Waals surface area contributed by atoms with Crippen molar-refractivity contribution < 1.29 is 23.9 Å². The quantitative estimate of drug-likeness (QED) is 0.430. The number of benzene rings is 2. The molecule has 33 heavy (non-hydrogen) atoms. The fraction of sp³-hybridized carbons (Fsp3) is 0.208. The lowest BCUT2D eigenvalue weighted by molar-refractivity contribution is -0.127. The third-order valence-corrected chi connectivity index (χ3v) is 5.63. The average molecular weight is 485 g/mol. The van der Waals surface area contributed by atoms with E-state index in [1.807, 2.05) is 19.1 Å². The molecule has 3 rings (SSSR count). The molecule has 0 aliphatic carbocycles. The van der Waals surface area contributed by atoms with Gasteiger partial charge >= 0.3 is 0 Å². The van der Waals surface area contributed by atoms with Gasteiger partial charge in [-0.3, -0.25) is 19.3 Å². The molecule has 2 aromatic rings. The molecule has 170 valence electrons. The first kappa shape index (κ1) is 24.2. The number of halogens is 1. The first-order valence-corrected chi connectivity index (χ1v) is 11.2. The van der Waals surface area contributed by atoms with E-state index in [4.69, 9.17) is 27.5 Å². The number of carbonyl (C=O) groups excluding carboxylic acids is 3. The molecule has 3 amide bonds. The van der Waals surface area contributed by atoms with Gasteiger partial charge in [0.1, 0.15) is 13.2 Å². The minimum absolute atomic E-state index is 0.0166. The van der Waals surface area contributed by atoms with E-state index in [-0.39, 0.29) is 23.1 Å². The Bertz CT molecular complexity index is 1150. The Morgan fingerprint density at radius 1 is 1.24 bits per heavy atom. The van der Waals surface area contributed by atoms with Crippen LogP contribution in [0, 0.1) is 19.3 Å². The number of ether oxygens (including phenoxy) is 2. The van der Waals surface area contributed by atoms with Crippen molar-refractivity contribution >= 4 is 52.2 Å². The fourth-order valence-electron chi connectivity index (χ4n) is 2.96. The molecule has 0 atom stereocenters. The number of terminal acetylenes is 1. The Kier molecular flexibility index (Phi) is 8.04. The van der Waals surface area contributed by atoms with E-state index in [1.54, 1.807) is 31.2 Å². The third kappa shape index (κ3) is 6.09. The molecule has 0 saturated carbocycles. The van der Waals surface area contributed by atoms with E-state index in [9.17, 15) is 14.4 Å². The summed E-state index contributed by atoms with van der Waals surface area (Å²) in [6.45, 7) is 3.72. The Morgan fingerprint density at radius 2 is 1.97 bits per heavy atom. The normalized spacial score (nSPS) is 14.4. The lowest BCUT2D eigenvalue weighted by Crippen LogP contribution is -2.36. The lowest BCUT2D eigenvalue weighted by Gasteiger charge is -2.13. The molecule has 0 unspecified atom stereocenters. The highest BCUT2D eigenvalue weighted by Crippen LogP contribution is 2.39. The van der Waals surface area contributed by atoms with Crippen molar-refractivity contribution in [1.29, 1.82) is 0 Å². The highest BCUT2D eigenvalue weighted by molar-refractivity contribution is 8.18. The number of hydrogen-bond donors (Lipinski definition) is 1. The van der Waals surface area contributed by atoms with Crippen LogP contribution in [0.2, 0.25) is 5.02 Å². The number of hydrogen-bond acceptors (Lipinski definition) is 6. The van der Waals surface area contributed by atoms with Crippen molar-refractivity contribution in [3.05, 3.63) is 57.5 Å². The number of aryl methyl sites for hydroxylation is 1. The Hall–Kier alpha value is -3.41. The fourth-order valence-corrected chi connectivity index (χ4v) is 4.07. The second kappa shape index (κ2) is 10.9. The van der Waals surface area contributed by atoms with E-state index in [1.165, 1.54) is 6.08 Å². The molecular weight excluding hydrogens is 464 g/mol. The number of amides is 3. The Balaban J connectivity index is 1.76. The maximum atomic E-state index is 12.8. The van der Waals surface area contributed by atoms with Crippen LogP contribution in [0.25, 0.3) is 6.08 Å². The number of thioether (sulfide) groups is 1. The van der Waals surface area contributed by atoms with Gasteiger partial charge in [0, 0.05) is 5.69 Å². The number of nitrogens with one attached hydrogen (secondary N) is 1. The number of anilines is 1. The molecule has 0 spiro atoms. The topological polar surface area (TPSA) is 84.9 Å². The molecule has 1 aliphatic heterocycles. The van der Waals surface area contributed by atoms with Crippen LogP contribution in [0.5, 0.6) is 11.5 Å². The minimum atomic E-state index is -0.564. The third-order valence-electron chi connectivity index (χ3n) is 4.44. The van der Waals surface area contributed by atoms with Crippen LogP contribution in [0.1, 0.15) is 18.1 Å². The summed E-state index contributed by atoms with van der Waals surface area (Å²) in [6.07, 6.45) is 6.76. The first-order valence-electron chi connectivity index (χ1n) is 9.96. The first-order chi connectivity index (χ1) is 15.8. The molecule has 2 aromatic carbocycles. The second-order valence-electron chi connectivity index (χ2n) is 6.94. The summed E-state index contributed by atoms with van der Waals surface area (Å²) < 4.78 is 11.0. The van der Waals surface area contributed by atoms with Gasteiger partial charge in [-0.2, -0.15) is 0 Å². The SMILES string of the molecule is C#CCOc1c(Cl)cc(/C=C2\SC(=O)N(CC(=O)Nc3ccc(C)cc3)C2=O)cc1OCC. The largest absolute Gasteiger partial charge is 0.490 e. The van der Waals surface area contributed by atoms with E-state index < -0.39 is 17.1 Å². The molecule has 9 heteroatoms. The monoisotopic (exact) mass is 484 g/mol. The van der Waals surface area contributed by atoms with Gasteiger partial charge in [-0.1, -0.05) is 35.2 Å². The molecule has 1 saturated heterocycles. The number of rotatable bonds is 8. The predicted octanol–water partition coefficient (Wildman–Crippen LogP) is 4.73. The Labute approximate surface area is 201 Å². The van der Waals surface area contributed by atoms with Gasteiger partial charge in [0.15, 0.2) is 11.5 Å². The molecule has 1 heterocycles. The van der Waals surface area contributed by atoms with Crippen molar-refractivity contribution in [2.45, 2.75) is 13.8 Å². The molecule has 0 bridgehead atoms. The molecule has 1 N–H and O–H groups in total. The van der Waals surface area contributed by atoms with Gasteiger partial charge in [-0.25, -0.2) is 0 Å². The predicted molar refractivity (Wildman–Crippen MR) is 129 cm³/mol. The van der Waals surface area contributed by atoms with Gasteiger partial charge in [0.2, 0.25) is 5.91 Å². The van der Waals surface area contributed by atoms with Crippen LogP contribution in [-0.4, -0.2) is 41.7 Å². The van der Waals surface area contributed by atoms with Crippen molar-refractivity contribution in [3.63, 3.8) is 0 Å². The number of carbonyl (C=O) groups is 3. The zero-order valence-corrected chi connectivity index (χ0v) is 19.6. The van der Waals surface area contributed by atoms with Crippen LogP contribution in [0.15, 0.2) is 41.3 Å². The summed E-state index contributed by atoms with van der Waals surface area (Å²) in [5.41, 5.74) is 2.16. The second-order valence-corrected chi connectivity index (χ2v) is 8.34. The van der Waals surface area contributed by atoms with Gasteiger partial charge in [-0.05, 0) is 61.5 Å². The molecule has 1 aliphatic rings. The highest BCUT2D eigenvalue weighted by atomic mass is 35.5. The number of imide groups is 1. The van der Waals surface area contributed by atoms with E-state index in [2.05, 4.69) is 11.2 Å². The Morgan fingerprint density at radius 3 is 2.64 bits per heavy atom. The van der Waals surface area contributed by atoms with Crippen LogP contribution >= 0.6 is 23.4 Å². The summed E-state index contributed by atoms with van der Waals surface area (Å²) in [7, 11) is 0. The summed E-state index contributed by atoms with van der Waals surface area (Å²) in [4.78, 5) is 38.6. The lowest BCUT2D eigenvalue weighted by atomic mass is 10.1. The van der Waals surface area contributed by atoms with Gasteiger partial charge < -0.3 is 14.8 Å². The van der Waals surface area contributed by atoms with Crippen molar-refractivity contribution in [3.8, 4) is 23.8 Å². The van der Waals surface area contributed by atoms with Crippen LogP contribution < -0.4 is 14.8 Å². The van der Waals surface area contributed by atoms with Gasteiger partial charge in [0.05, 0.1) is 16.5 Å². The van der Waals surface area contributed by atoms with Crippen molar-refractivity contribution in [2.75, 3.05) is 25.1 Å². The summed E-state index contributed by atoms with van der Waals surface area (Å²) in [6, 6.07) is 10.4.